The molecule has 4 nitrogen and oxygen atoms in total. The summed E-state index contributed by atoms with van der Waals surface area (Å²) in [4.78, 5) is 0. The Balaban J connectivity index is 1.84. The van der Waals surface area contributed by atoms with E-state index in [0.29, 0.717) is 11.8 Å². The largest absolute Gasteiger partial charge is 0.423 e. The molecule has 1 saturated carbocycles. The van der Waals surface area contributed by atoms with Gasteiger partial charge in [-0.2, -0.15) is 0 Å². The maximum atomic E-state index is 5.84. The minimum atomic E-state index is 0.00106. The molecule has 0 saturated heterocycles. The zero-order valence-electron chi connectivity index (χ0n) is 11.2. The fraction of sp³-hybridized carbons (Fsp3) is 0.467. The van der Waals surface area contributed by atoms with E-state index in [1.807, 2.05) is 18.2 Å². The first-order chi connectivity index (χ1) is 9.38. The highest BCUT2D eigenvalue weighted by atomic mass is 16.4. The Labute approximate surface area is 113 Å². The zero-order chi connectivity index (χ0) is 13.1. The van der Waals surface area contributed by atoms with Crippen LogP contribution in [0.1, 0.15) is 55.5 Å². The quantitative estimate of drug-likeness (QED) is 0.864. The minimum absolute atomic E-state index is 0.00106. The van der Waals surface area contributed by atoms with Crippen LogP contribution in [0.2, 0.25) is 0 Å². The molecule has 1 aromatic heterocycles. The summed E-state index contributed by atoms with van der Waals surface area (Å²) < 4.78 is 5.84. The third-order valence-electron chi connectivity index (χ3n) is 3.36. The van der Waals surface area contributed by atoms with Crippen LogP contribution in [0.3, 0.4) is 0 Å². The highest BCUT2D eigenvalue weighted by Gasteiger charge is 2.30. The van der Waals surface area contributed by atoms with E-state index < -0.39 is 0 Å². The summed E-state index contributed by atoms with van der Waals surface area (Å²) in [6, 6.07) is 10.3. The lowest BCUT2D eigenvalue weighted by atomic mass is 10.1. The van der Waals surface area contributed by atoms with Gasteiger partial charge in [0.25, 0.3) is 0 Å². The molecule has 1 aliphatic rings. The molecule has 4 heteroatoms. The second kappa shape index (κ2) is 5.53. The number of hydrogen-bond donors (Lipinski definition) is 1. The Hall–Kier alpha value is -1.68. The molecule has 1 unspecified atom stereocenters. The van der Waals surface area contributed by atoms with E-state index in [1.54, 1.807) is 0 Å². The summed E-state index contributed by atoms with van der Waals surface area (Å²) in [7, 11) is 0. The van der Waals surface area contributed by atoms with Crippen LogP contribution in [0.4, 0.5) is 0 Å². The van der Waals surface area contributed by atoms with Crippen LogP contribution in [0.25, 0.3) is 0 Å². The van der Waals surface area contributed by atoms with Crippen LogP contribution in [-0.4, -0.2) is 16.7 Å². The van der Waals surface area contributed by atoms with Crippen molar-refractivity contribution in [2.75, 3.05) is 6.54 Å². The number of hydrogen-bond acceptors (Lipinski definition) is 4. The topological polar surface area (TPSA) is 51.0 Å². The number of benzene rings is 1. The van der Waals surface area contributed by atoms with Crippen LogP contribution in [0.15, 0.2) is 34.7 Å². The van der Waals surface area contributed by atoms with Gasteiger partial charge in [0.1, 0.15) is 6.04 Å². The molecular weight excluding hydrogens is 238 g/mol. The standard InChI is InChI=1S/C15H19N3O/c1-2-10-16-13(11-6-4-3-5-7-11)15-18-17-14(19-15)12-8-9-12/h3-7,12-13,16H,2,8-10H2,1H3. The van der Waals surface area contributed by atoms with Crippen molar-refractivity contribution in [3.63, 3.8) is 0 Å². The van der Waals surface area contributed by atoms with Crippen molar-refractivity contribution in [1.82, 2.24) is 15.5 Å². The van der Waals surface area contributed by atoms with Gasteiger partial charge in [0.05, 0.1) is 0 Å². The Morgan fingerprint density at radius 2 is 2.05 bits per heavy atom. The van der Waals surface area contributed by atoms with Gasteiger partial charge in [-0.1, -0.05) is 37.3 Å². The van der Waals surface area contributed by atoms with E-state index in [2.05, 4.69) is 34.6 Å². The van der Waals surface area contributed by atoms with Crippen molar-refractivity contribution in [2.24, 2.45) is 0 Å². The van der Waals surface area contributed by atoms with Crippen molar-refractivity contribution < 1.29 is 4.42 Å². The monoisotopic (exact) mass is 257 g/mol. The second-order valence-corrected chi connectivity index (χ2v) is 5.05. The first-order valence-electron chi connectivity index (χ1n) is 7.00. The lowest BCUT2D eigenvalue weighted by molar-refractivity contribution is 0.406. The number of rotatable bonds is 6. The maximum absolute atomic E-state index is 5.84. The Bertz CT molecular complexity index is 519. The average Bonchev–Trinajstić information content (AvgIpc) is 3.20. The fourth-order valence-electron chi connectivity index (χ4n) is 2.14. The summed E-state index contributed by atoms with van der Waals surface area (Å²) in [5.74, 6) is 1.99. The molecule has 2 aromatic rings. The normalized spacial score (nSPS) is 16.5. The molecule has 3 rings (SSSR count). The minimum Gasteiger partial charge on any atom is -0.423 e. The van der Waals surface area contributed by atoms with E-state index in [9.17, 15) is 0 Å². The lowest BCUT2D eigenvalue weighted by Gasteiger charge is -2.14. The molecule has 1 aromatic carbocycles. The van der Waals surface area contributed by atoms with Gasteiger partial charge < -0.3 is 9.73 Å². The third-order valence-corrected chi connectivity index (χ3v) is 3.36. The van der Waals surface area contributed by atoms with Crippen molar-refractivity contribution in [2.45, 2.75) is 38.1 Å². The SMILES string of the molecule is CCCNC(c1ccccc1)c1nnc(C2CC2)o1. The van der Waals surface area contributed by atoms with E-state index >= 15 is 0 Å². The van der Waals surface area contributed by atoms with Gasteiger partial charge in [-0.15, -0.1) is 10.2 Å². The molecule has 1 heterocycles. The molecule has 1 atom stereocenters. The number of aromatic nitrogens is 2. The molecule has 19 heavy (non-hydrogen) atoms. The van der Waals surface area contributed by atoms with E-state index in [4.69, 9.17) is 4.42 Å². The van der Waals surface area contributed by atoms with E-state index in [-0.39, 0.29) is 6.04 Å². The van der Waals surface area contributed by atoms with Crippen LogP contribution >= 0.6 is 0 Å². The van der Waals surface area contributed by atoms with Crippen LogP contribution < -0.4 is 5.32 Å². The highest BCUT2D eigenvalue weighted by Crippen LogP contribution is 2.39. The van der Waals surface area contributed by atoms with Gasteiger partial charge in [-0.3, -0.25) is 0 Å². The fourth-order valence-corrected chi connectivity index (χ4v) is 2.14. The maximum Gasteiger partial charge on any atom is 0.237 e. The summed E-state index contributed by atoms with van der Waals surface area (Å²) in [6.45, 7) is 3.08. The zero-order valence-corrected chi connectivity index (χ0v) is 11.2. The number of nitrogens with one attached hydrogen (secondary N) is 1. The number of nitrogens with zero attached hydrogens (tertiary/aromatic N) is 2. The predicted octanol–water partition coefficient (Wildman–Crippen LogP) is 3.04. The van der Waals surface area contributed by atoms with Gasteiger partial charge in [-0.25, -0.2) is 0 Å². The van der Waals surface area contributed by atoms with Crippen molar-refractivity contribution in [1.29, 1.82) is 0 Å². The highest BCUT2D eigenvalue weighted by molar-refractivity contribution is 5.23. The Morgan fingerprint density at radius 1 is 1.26 bits per heavy atom. The first-order valence-corrected chi connectivity index (χ1v) is 7.00. The molecule has 0 amide bonds. The van der Waals surface area contributed by atoms with Crippen molar-refractivity contribution in [3.05, 3.63) is 47.7 Å². The summed E-state index contributed by atoms with van der Waals surface area (Å²) >= 11 is 0. The van der Waals surface area contributed by atoms with Crippen LogP contribution in [-0.2, 0) is 0 Å². The van der Waals surface area contributed by atoms with Crippen LogP contribution in [0.5, 0.6) is 0 Å². The summed E-state index contributed by atoms with van der Waals surface area (Å²) in [5.41, 5.74) is 1.17. The predicted molar refractivity (Wildman–Crippen MR) is 72.9 cm³/mol. The Kier molecular flexibility index (Phi) is 3.60. The lowest BCUT2D eigenvalue weighted by Crippen LogP contribution is -2.23. The van der Waals surface area contributed by atoms with Gasteiger partial charge in [0, 0.05) is 5.92 Å². The molecular formula is C15H19N3O. The Morgan fingerprint density at radius 3 is 2.74 bits per heavy atom. The molecule has 0 spiro atoms. The molecule has 100 valence electrons. The molecule has 1 N–H and O–H groups in total. The van der Waals surface area contributed by atoms with Gasteiger partial charge in [0.15, 0.2) is 0 Å². The summed E-state index contributed by atoms with van der Waals surface area (Å²) in [6.07, 6.45) is 3.44. The average molecular weight is 257 g/mol. The van der Waals surface area contributed by atoms with E-state index in [0.717, 1.165) is 18.9 Å². The molecule has 1 fully saturated rings. The van der Waals surface area contributed by atoms with Gasteiger partial charge in [0.2, 0.25) is 11.8 Å². The van der Waals surface area contributed by atoms with Gasteiger partial charge >= 0.3 is 0 Å². The first kappa shape index (κ1) is 12.4. The summed E-state index contributed by atoms with van der Waals surface area (Å²) in [5, 5.41) is 11.9. The van der Waals surface area contributed by atoms with Crippen LogP contribution in [0, 0.1) is 0 Å². The van der Waals surface area contributed by atoms with Crippen molar-refractivity contribution in [3.8, 4) is 0 Å². The second-order valence-electron chi connectivity index (χ2n) is 5.05. The third kappa shape index (κ3) is 2.84. The molecule has 0 radical (unpaired) electrons. The van der Waals surface area contributed by atoms with Gasteiger partial charge in [-0.05, 0) is 31.4 Å². The molecule has 0 bridgehead atoms. The smallest absolute Gasteiger partial charge is 0.237 e. The molecule has 0 aliphatic heterocycles. The van der Waals surface area contributed by atoms with Crippen molar-refractivity contribution >= 4 is 0 Å². The van der Waals surface area contributed by atoms with E-state index in [1.165, 1.54) is 18.4 Å². The molecule has 1 aliphatic carbocycles.